The predicted molar refractivity (Wildman–Crippen MR) is 53.5 cm³/mol. The van der Waals surface area contributed by atoms with Gasteiger partial charge in [0.15, 0.2) is 11.5 Å². The second kappa shape index (κ2) is 3.98. The van der Waals surface area contributed by atoms with E-state index >= 15 is 0 Å². The van der Waals surface area contributed by atoms with Crippen molar-refractivity contribution in [3.8, 4) is 11.5 Å². The van der Waals surface area contributed by atoms with Gasteiger partial charge in [0.2, 0.25) is 6.79 Å². The first-order valence-corrected chi connectivity index (χ1v) is 4.86. The number of halogens is 1. The van der Waals surface area contributed by atoms with Crippen LogP contribution >= 0.6 is 11.6 Å². The highest BCUT2D eigenvalue weighted by Crippen LogP contribution is 2.39. The summed E-state index contributed by atoms with van der Waals surface area (Å²) in [6.07, 6.45) is 0. The molecule has 5 heteroatoms. The van der Waals surface area contributed by atoms with E-state index in [1.807, 2.05) is 0 Å². The summed E-state index contributed by atoms with van der Waals surface area (Å²) in [5.74, 6) is 0.535. The normalized spacial score (nSPS) is 12.7. The zero-order valence-corrected chi connectivity index (χ0v) is 8.84. The Balaban J connectivity index is 2.35. The van der Waals surface area contributed by atoms with Crippen LogP contribution < -0.4 is 9.47 Å². The highest BCUT2D eigenvalue weighted by atomic mass is 35.5. The van der Waals surface area contributed by atoms with E-state index in [0.29, 0.717) is 28.7 Å². The van der Waals surface area contributed by atoms with Crippen LogP contribution in [0.25, 0.3) is 0 Å². The van der Waals surface area contributed by atoms with Gasteiger partial charge in [0, 0.05) is 0 Å². The van der Waals surface area contributed by atoms with Crippen LogP contribution in [0.5, 0.6) is 11.5 Å². The van der Waals surface area contributed by atoms with Crippen molar-refractivity contribution in [3.05, 3.63) is 22.7 Å². The van der Waals surface area contributed by atoms with E-state index in [0.717, 1.165) is 0 Å². The third-order valence-electron chi connectivity index (χ3n) is 1.94. The Hall–Kier alpha value is -1.42. The molecule has 1 heterocycles. The van der Waals surface area contributed by atoms with E-state index in [2.05, 4.69) is 0 Å². The van der Waals surface area contributed by atoms with E-state index in [4.69, 9.17) is 25.8 Å². The molecular formula is C10H9ClO4. The van der Waals surface area contributed by atoms with Gasteiger partial charge in [-0.1, -0.05) is 11.6 Å². The molecule has 0 bridgehead atoms. The number of hydrogen-bond acceptors (Lipinski definition) is 4. The quantitative estimate of drug-likeness (QED) is 0.729. The van der Waals surface area contributed by atoms with Gasteiger partial charge in [-0.15, -0.1) is 0 Å². The standard InChI is InChI=1S/C10H9ClO4/c1-2-13-10(12)6-3-7(11)9-8(4-6)14-5-15-9/h3-4H,2,5H2,1H3. The zero-order chi connectivity index (χ0) is 10.8. The number of ether oxygens (including phenoxy) is 3. The van der Waals surface area contributed by atoms with Crippen LogP contribution in [-0.2, 0) is 4.74 Å². The first-order valence-electron chi connectivity index (χ1n) is 4.48. The average Bonchev–Trinajstić information content (AvgIpc) is 2.66. The molecule has 0 atom stereocenters. The Morgan fingerprint density at radius 1 is 1.53 bits per heavy atom. The van der Waals surface area contributed by atoms with Crippen LogP contribution in [0.3, 0.4) is 0 Å². The van der Waals surface area contributed by atoms with Gasteiger partial charge < -0.3 is 14.2 Å². The van der Waals surface area contributed by atoms with Crippen molar-refractivity contribution < 1.29 is 19.0 Å². The highest BCUT2D eigenvalue weighted by molar-refractivity contribution is 6.32. The molecule has 0 aliphatic carbocycles. The van der Waals surface area contributed by atoms with Crippen LogP contribution in [0.4, 0.5) is 0 Å². The average molecular weight is 229 g/mol. The summed E-state index contributed by atoms with van der Waals surface area (Å²) in [5, 5.41) is 0.355. The first kappa shape index (κ1) is 10.1. The maximum Gasteiger partial charge on any atom is 0.338 e. The van der Waals surface area contributed by atoms with E-state index in [1.54, 1.807) is 13.0 Å². The summed E-state index contributed by atoms with van der Waals surface area (Å²) in [4.78, 5) is 11.4. The lowest BCUT2D eigenvalue weighted by atomic mass is 10.2. The largest absolute Gasteiger partial charge is 0.462 e. The van der Waals surface area contributed by atoms with Crippen molar-refractivity contribution in [3.63, 3.8) is 0 Å². The number of rotatable bonds is 2. The molecule has 0 spiro atoms. The van der Waals surface area contributed by atoms with Crippen molar-refractivity contribution in [1.29, 1.82) is 0 Å². The lowest BCUT2D eigenvalue weighted by molar-refractivity contribution is 0.0526. The molecule has 4 nitrogen and oxygen atoms in total. The third-order valence-corrected chi connectivity index (χ3v) is 2.22. The zero-order valence-electron chi connectivity index (χ0n) is 8.08. The Morgan fingerprint density at radius 2 is 2.33 bits per heavy atom. The van der Waals surface area contributed by atoms with Gasteiger partial charge in [0.25, 0.3) is 0 Å². The first-order chi connectivity index (χ1) is 7.22. The highest BCUT2D eigenvalue weighted by Gasteiger charge is 2.20. The molecular weight excluding hydrogens is 220 g/mol. The minimum atomic E-state index is -0.419. The summed E-state index contributed by atoms with van der Waals surface area (Å²) in [5.41, 5.74) is 0.367. The van der Waals surface area contributed by atoms with Gasteiger partial charge in [-0.25, -0.2) is 4.79 Å². The summed E-state index contributed by atoms with van der Waals surface area (Å²) >= 11 is 5.91. The number of hydrogen-bond donors (Lipinski definition) is 0. The molecule has 0 saturated carbocycles. The lowest BCUT2D eigenvalue weighted by Gasteiger charge is -2.04. The van der Waals surface area contributed by atoms with Crippen LogP contribution in [0.1, 0.15) is 17.3 Å². The second-order valence-electron chi connectivity index (χ2n) is 2.91. The third kappa shape index (κ3) is 1.85. The topological polar surface area (TPSA) is 44.8 Å². The van der Waals surface area contributed by atoms with Gasteiger partial charge in [0.1, 0.15) is 0 Å². The van der Waals surface area contributed by atoms with Gasteiger partial charge >= 0.3 is 5.97 Å². The monoisotopic (exact) mass is 228 g/mol. The molecule has 15 heavy (non-hydrogen) atoms. The van der Waals surface area contributed by atoms with Crippen LogP contribution in [-0.4, -0.2) is 19.4 Å². The minimum Gasteiger partial charge on any atom is -0.462 e. The van der Waals surface area contributed by atoms with Crippen LogP contribution in [0.15, 0.2) is 12.1 Å². The molecule has 0 unspecified atom stereocenters. The summed E-state index contributed by atoms with van der Waals surface area (Å²) in [6, 6.07) is 3.07. The number of fused-ring (bicyclic) bond motifs is 1. The Kier molecular flexibility index (Phi) is 2.68. The predicted octanol–water partition coefficient (Wildman–Crippen LogP) is 2.25. The maximum absolute atomic E-state index is 11.4. The molecule has 0 fully saturated rings. The molecule has 0 aromatic heterocycles. The molecule has 1 aromatic carbocycles. The Labute approximate surface area is 91.7 Å². The molecule has 2 rings (SSSR count). The molecule has 1 aliphatic rings. The van der Waals surface area contributed by atoms with E-state index in [1.165, 1.54) is 6.07 Å². The van der Waals surface area contributed by atoms with Crippen molar-refractivity contribution in [1.82, 2.24) is 0 Å². The molecule has 1 aromatic rings. The van der Waals surface area contributed by atoms with Gasteiger partial charge in [-0.2, -0.15) is 0 Å². The van der Waals surface area contributed by atoms with Crippen LogP contribution in [0.2, 0.25) is 5.02 Å². The van der Waals surface area contributed by atoms with E-state index in [-0.39, 0.29) is 6.79 Å². The Morgan fingerprint density at radius 3 is 3.07 bits per heavy atom. The number of carbonyl (C=O) groups excluding carboxylic acids is 1. The number of carbonyl (C=O) groups is 1. The van der Waals surface area contributed by atoms with Crippen LogP contribution in [0, 0.1) is 0 Å². The molecule has 0 amide bonds. The number of esters is 1. The molecule has 80 valence electrons. The fourth-order valence-corrected chi connectivity index (χ4v) is 1.56. The molecule has 0 saturated heterocycles. The number of benzene rings is 1. The van der Waals surface area contributed by atoms with E-state index in [9.17, 15) is 4.79 Å². The smallest absolute Gasteiger partial charge is 0.338 e. The summed E-state index contributed by atoms with van der Waals surface area (Å²) < 4.78 is 15.1. The summed E-state index contributed by atoms with van der Waals surface area (Å²) in [7, 11) is 0. The minimum absolute atomic E-state index is 0.126. The molecule has 0 radical (unpaired) electrons. The fraction of sp³-hybridized carbons (Fsp3) is 0.300. The van der Waals surface area contributed by atoms with Gasteiger partial charge in [-0.3, -0.25) is 0 Å². The van der Waals surface area contributed by atoms with Crippen molar-refractivity contribution in [2.24, 2.45) is 0 Å². The fourth-order valence-electron chi connectivity index (χ4n) is 1.30. The van der Waals surface area contributed by atoms with Crippen molar-refractivity contribution in [2.45, 2.75) is 6.92 Å². The summed E-state index contributed by atoms with van der Waals surface area (Å²) in [6.45, 7) is 2.19. The van der Waals surface area contributed by atoms with Crippen molar-refractivity contribution in [2.75, 3.05) is 13.4 Å². The SMILES string of the molecule is CCOC(=O)c1cc(Cl)c2c(c1)OCO2. The Bertz CT molecular complexity index is 403. The molecule has 1 aliphatic heterocycles. The van der Waals surface area contributed by atoms with E-state index < -0.39 is 5.97 Å². The maximum atomic E-state index is 11.4. The molecule has 0 N–H and O–H groups in total. The van der Waals surface area contributed by atoms with Crippen molar-refractivity contribution >= 4 is 17.6 Å². The van der Waals surface area contributed by atoms with Gasteiger partial charge in [-0.05, 0) is 19.1 Å². The lowest BCUT2D eigenvalue weighted by Crippen LogP contribution is -2.04. The van der Waals surface area contributed by atoms with Gasteiger partial charge in [0.05, 0.1) is 17.2 Å². The second-order valence-corrected chi connectivity index (χ2v) is 3.32.